The first-order valence-corrected chi connectivity index (χ1v) is 9.25. The van der Waals surface area contributed by atoms with Crippen LogP contribution in [0.25, 0.3) is 0 Å². The molecular weight excluding hydrogens is 412 g/mol. The number of piperazine rings is 1. The Bertz CT molecular complexity index is 777. The molecule has 168 valence electrons. The van der Waals surface area contributed by atoms with Gasteiger partial charge in [0.05, 0.1) is 0 Å². The molecule has 1 aliphatic rings. The Hall–Kier alpha value is -2.56. The molecule has 1 amide bonds. The summed E-state index contributed by atoms with van der Waals surface area (Å²) in [5, 5.41) is 9.23. The first-order valence-electron chi connectivity index (χ1n) is 9.25. The second-order valence-electron chi connectivity index (χ2n) is 7.50. The normalized spacial score (nSPS) is 16.8. The predicted molar refractivity (Wildman–Crippen MR) is 97.6 cm³/mol. The number of ether oxygens (including phenoxy) is 2. The first kappa shape index (κ1) is 23.7. The average molecular weight is 436 g/mol. The van der Waals surface area contributed by atoms with Crippen LogP contribution in [0.3, 0.4) is 0 Å². The van der Waals surface area contributed by atoms with Crippen LogP contribution in [-0.2, 0) is 16.1 Å². The van der Waals surface area contributed by atoms with E-state index in [1.165, 1.54) is 30.9 Å². The third-order valence-electron chi connectivity index (χ3n) is 4.67. The van der Waals surface area contributed by atoms with Crippen molar-refractivity contribution in [2.45, 2.75) is 45.2 Å². The van der Waals surface area contributed by atoms with Gasteiger partial charge in [0, 0.05) is 44.4 Å². The summed E-state index contributed by atoms with van der Waals surface area (Å²) in [5.74, 6) is -1.71. The van der Waals surface area contributed by atoms with Gasteiger partial charge >= 0.3 is 18.2 Å². The third kappa shape index (κ3) is 6.22. The molecule has 0 aliphatic carbocycles. The third-order valence-corrected chi connectivity index (χ3v) is 4.67. The molecule has 2 rings (SSSR count). The van der Waals surface area contributed by atoms with E-state index in [4.69, 9.17) is 4.74 Å². The molecule has 1 atom stereocenters. The van der Waals surface area contributed by atoms with Crippen molar-refractivity contribution in [1.82, 2.24) is 9.80 Å². The lowest BCUT2D eigenvalue weighted by atomic mass is 10.1. The maximum absolute atomic E-state index is 13.7. The SMILES string of the molecule is CC(OC(=O)N1CCN(Cc2ccc(F)cc2OC(C)(C)C(=O)O)CC1)C(F)(F)F. The summed E-state index contributed by atoms with van der Waals surface area (Å²) in [5.41, 5.74) is -1.02. The van der Waals surface area contributed by atoms with Crippen LogP contribution in [0.1, 0.15) is 26.3 Å². The van der Waals surface area contributed by atoms with Crippen molar-refractivity contribution in [3.8, 4) is 5.75 Å². The number of hydrogen-bond donors (Lipinski definition) is 1. The number of alkyl halides is 3. The van der Waals surface area contributed by atoms with E-state index >= 15 is 0 Å². The summed E-state index contributed by atoms with van der Waals surface area (Å²) in [7, 11) is 0. The molecule has 0 aromatic heterocycles. The van der Waals surface area contributed by atoms with Gasteiger partial charge in [0.1, 0.15) is 11.6 Å². The Balaban J connectivity index is 1.98. The van der Waals surface area contributed by atoms with Crippen LogP contribution in [0.15, 0.2) is 18.2 Å². The van der Waals surface area contributed by atoms with Crippen LogP contribution in [-0.4, -0.2) is 71.0 Å². The van der Waals surface area contributed by atoms with Gasteiger partial charge in [-0.15, -0.1) is 0 Å². The standard InChI is InChI=1S/C19H24F4N2O5/c1-12(19(21,22)23)29-17(28)25-8-6-24(7-9-25)11-13-4-5-14(20)10-15(13)30-18(2,3)16(26)27/h4-5,10,12H,6-9,11H2,1-3H3,(H,26,27). The van der Waals surface area contributed by atoms with Gasteiger partial charge in [-0.3, -0.25) is 4.90 Å². The molecule has 1 N–H and O–H groups in total. The van der Waals surface area contributed by atoms with Crippen molar-refractivity contribution in [2.75, 3.05) is 26.2 Å². The lowest BCUT2D eigenvalue weighted by Crippen LogP contribution is -2.49. The smallest absolute Gasteiger partial charge is 0.425 e. The van der Waals surface area contributed by atoms with Crippen LogP contribution in [0.5, 0.6) is 5.75 Å². The number of carboxylic acids is 1. The zero-order valence-corrected chi connectivity index (χ0v) is 16.8. The van der Waals surface area contributed by atoms with Gasteiger partial charge < -0.3 is 19.5 Å². The summed E-state index contributed by atoms with van der Waals surface area (Å²) in [6.45, 7) is 4.73. The fraction of sp³-hybridized carbons (Fsp3) is 0.579. The lowest BCUT2D eigenvalue weighted by molar-refractivity contribution is -0.200. The van der Waals surface area contributed by atoms with E-state index in [0.717, 1.165) is 13.0 Å². The van der Waals surface area contributed by atoms with Crippen LogP contribution < -0.4 is 4.74 Å². The zero-order valence-electron chi connectivity index (χ0n) is 16.8. The van der Waals surface area contributed by atoms with Crippen LogP contribution in [0, 0.1) is 5.82 Å². The van der Waals surface area contributed by atoms with Gasteiger partial charge in [-0.2, -0.15) is 13.2 Å². The van der Waals surface area contributed by atoms with Crippen molar-refractivity contribution >= 4 is 12.1 Å². The highest BCUT2D eigenvalue weighted by molar-refractivity contribution is 5.76. The van der Waals surface area contributed by atoms with Crippen molar-refractivity contribution in [3.05, 3.63) is 29.6 Å². The highest BCUT2D eigenvalue weighted by atomic mass is 19.4. The van der Waals surface area contributed by atoms with Crippen molar-refractivity contribution in [2.24, 2.45) is 0 Å². The number of aliphatic carboxylic acids is 1. The van der Waals surface area contributed by atoms with E-state index in [1.807, 2.05) is 4.90 Å². The molecule has 1 unspecified atom stereocenters. The van der Waals surface area contributed by atoms with Gasteiger partial charge in [-0.25, -0.2) is 14.0 Å². The second kappa shape index (κ2) is 9.07. The summed E-state index contributed by atoms with van der Waals surface area (Å²) in [6, 6.07) is 3.81. The number of amides is 1. The minimum atomic E-state index is -4.62. The molecular formula is C19H24F4N2O5. The maximum Gasteiger partial charge on any atom is 0.425 e. The molecule has 11 heteroatoms. The molecule has 0 bridgehead atoms. The number of hydrogen-bond acceptors (Lipinski definition) is 5. The Kier molecular flexibility index (Phi) is 7.17. The Morgan fingerprint density at radius 1 is 1.17 bits per heavy atom. The summed E-state index contributed by atoms with van der Waals surface area (Å²) in [6.07, 6.45) is -7.85. The molecule has 1 aromatic carbocycles. The van der Waals surface area contributed by atoms with E-state index in [9.17, 15) is 32.3 Å². The monoisotopic (exact) mass is 436 g/mol. The highest BCUT2D eigenvalue weighted by Crippen LogP contribution is 2.27. The molecule has 0 saturated carbocycles. The lowest BCUT2D eigenvalue weighted by Gasteiger charge is -2.35. The fourth-order valence-corrected chi connectivity index (χ4v) is 2.69. The summed E-state index contributed by atoms with van der Waals surface area (Å²) < 4.78 is 61.2. The van der Waals surface area contributed by atoms with Gasteiger partial charge in [-0.05, 0) is 26.8 Å². The van der Waals surface area contributed by atoms with Gasteiger partial charge in [-0.1, -0.05) is 6.07 Å². The minimum absolute atomic E-state index is 0.0863. The van der Waals surface area contributed by atoms with E-state index < -0.39 is 35.8 Å². The van der Waals surface area contributed by atoms with E-state index in [0.29, 0.717) is 18.7 Å². The fourth-order valence-electron chi connectivity index (χ4n) is 2.69. The number of halogens is 4. The van der Waals surface area contributed by atoms with Gasteiger partial charge in [0.2, 0.25) is 0 Å². The van der Waals surface area contributed by atoms with E-state index in [1.54, 1.807) is 0 Å². The molecule has 1 aliphatic heterocycles. The van der Waals surface area contributed by atoms with Crippen molar-refractivity contribution in [3.63, 3.8) is 0 Å². The van der Waals surface area contributed by atoms with Crippen molar-refractivity contribution < 1.29 is 41.7 Å². The topological polar surface area (TPSA) is 79.3 Å². The Morgan fingerprint density at radius 3 is 2.30 bits per heavy atom. The Labute approximate surface area is 171 Å². The summed E-state index contributed by atoms with van der Waals surface area (Å²) in [4.78, 5) is 26.3. The first-order chi connectivity index (χ1) is 13.8. The average Bonchev–Trinajstić information content (AvgIpc) is 2.63. The number of rotatable bonds is 6. The number of nitrogens with zero attached hydrogens (tertiary/aromatic N) is 2. The Morgan fingerprint density at radius 2 is 1.77 bits per heavy atom. The molecule has 0 spiro atoms. The summed E-state index contributed by atoms with van der Waals surface area (Å²) >= 11 is 0. The number of carbonyl (C=O) groups is 2. The van der Waals surface area contributed by atoms with E-state index in [2.05, 4.69) is 4.74 Å². The largest absolute Gasteiger partial charge is 0.478 e. The molecule has 1 saturated heterocycles. The zero-order chi connectivity index (χ0) is 22.7. The van der Waals surface area contributed by atoms with E-state index in [-0.39, 0.29) is 25.4 Å². The molecule has 7 nitrogen and oxygen atoms in total. The predicted octanol–water partition coefficient (Wildman–Crippen LogP) is 3.27. The van der Waals surface area contributed by atoms with Crippen LogP contribution in [0.4, 0.5) is 22.4 Å². The van der Waals surface area contributed by atoms with Crippen LogP contribution >= 0.6 is 0 Å². The highest BCUT2D eigenvalue weighted by Gasteiger charge is 2.40. The molecule has 1 heterocycles. The van der Waals surface area contributed by atoms with Crippen LogP contribution in [0.2, 0.25) is 0 Å². The molecule has 0 radical (unpaired) electrons. The molecule has 30 heavy (non-hydrogen) atoms. The van der Waals surface area contributed by atoms with Gasteiger partial charge in [0.15, 0.2) is 11.7 Å². The van der Waals surface area contributed by atoms with Crippen molar-refractivity contribution in [1.29, 1.82) is 0 Å². The molecule has 1 fully saturated rings. The number of benzene rings is 1. The second-order valence-corrected chi connectivity index (χ2v) is 7.50. The number of carbonyl (C=O) groups excluding carboxylic acids is 1. The van der Waals surface area contributed by atoms with Gasteiger partial charge in [0.25, 0.3) is 0 Å². The molecule has 1 aromatic rings. The quantitative estimate of drug-likeness (QED) is 0.690. The number of carboxylic acid groups (broad SMARTS) is 1. The maximum atomic E-state index is 13.7. The minimum Gasteiger partial charge on any atom is -0.478 e.